The summed E-state index contributed by atoms with van der Waals surface area (Å²) in [5, 5.41) is 10.0. The molecule has 1 atom stereocenters. The van der Waals surface area contributed by atoms with Gasteiger partial charge in [0.1, 0.15) is 0 Å². The Kier molecular flexibility index (Phi) is 3.51. The number of rotatable bonds is 4. The summed E-state index contributed by atoms with van der Waals surface area (Å²) in [7, 11) is 0. The van der Waals surface area contributed by atoms with Gasteiger partial charge >= 0.3 is 0 Å². The molecule has 2 aromatic rings. The van der Waals surface area contributed by atoms with Crippen molar-refractivity contribution in [1.29, 1.82) is 0 Å². The second kappa shape index (κ2) is 5.47. The normalized spacial score (nSPS) is 14.0. The summed E-state index contributed by atoms with van der Waals surface area (Å²) < 4.78 is 10.5. The minimum Gasteiger partial charge on any atom is -0.454 e. The van der Waals surface area contributed by atoms with Gasteiger partial charge in [-0.2, -0.15) is 5.10 Å². The molecule has 1 aromatic carbocycles. The van der Waals surface area contributed by atoms with Gasteiger partial charge in [0.25, 0.3) is 5.91 Å². The van der Waals surface area contributed by atoms with Crippen LogP contribution in [0.5, 0.6) is 11.5 Å². The van der Waals surface area contributed by atoms with Gasteiger partial charge in [-0.1, -0.05) is 0 Å². The number of aromatic nitrogens is 2. The number of H-pyrrole nitrogens is 1. The van der Waals surface area contributed by atoms with E-state index in [4.69, 9.17) is 9.47 Å². The predicted octanol–water partition coefficient (Wildman–Crippen LogP) is 1.81. The van der Waals surface area contributed by atoms with E-state index in [1.165, 1.54) is 0 Å². The van der Waals surface area contributed by atoms with E-state index >= 15 is 0 Å². The summed E-state index contributed by atoms with van der Waals surface area (Å²) in [5.41, 5.74) is 2.51. The Balaban J connectivity index is 1.63. The van der Waals surface area contributed by atoms with Crippen molar-refractivity contribution in [2.45, 2.75) is 26.3 Å². The van der Waals surface area contributed by atoms with Crippen LogP contribution in [0.2, 0.25) is 0 Å². The fourth-order valence-corrected chi connectivity index (χ4v) is 2.29. The quantitative estimate of drug-likeness (QED) is 0.899. The molecule has 6 nitrogen and oxygen atoms in total. The number of benzene rings is 1. The SMILES string of the molecule is Cc1cc(CC(C)NC(=O)c2ccc3c(c2)OCO3)n[nH]1. The van der Waals surface area contributed by atoms with Crippen molar-refractivity contribution in [3.63, 3.8) is 0 Å². The number of nitrogens with one attached hydrogen (secondary N) is 2. The Morgan fingerprint density at radius 2 is 2.19 bits per heavy atom. The first-order chi connectivity index (χ1) is 10.1. The molecule has 1 aliphatic heterocycles. The van der Waals surface area contributed by atoms with Crippen molar-refractivity contribution in [3.05, 3.63) is 41.2 Å². The lowest BCUT2D eigenvalue weighted by Gasteiger charge is -2.12. The van der Waals surface area contributed by atoms with E-state index in [2.05, 4.69) is 15.5 Å². The lowest BCUT2D eigenvalue weighted by Crippen LogP contribution is -2.34. The Morgan fingerprint density at radius 3 is 2.95 bits per heavy atom. The van der Waals surface area contributed by atoms with E-state index in [9.17, 15) is 4.79 Å². The molecule has 0 fully saturated rings. The number of carbonyl (C=O) groups excluding carboxylic acids is 1. The van der Waals surface area contributed by atoms with E-state index in [1.54, 1.807) is 18.2 Å². The maximum absolute atomic E-state index is 12.2. The highest BCUT2D eigenvalue weighted by atomic mass is 16.7. The summed E-state index contributed by atoms with van der Waals surface area (Å²) in [4.78, 5) is 12.2. The zero-order valence-corrected chi connectivity index (χ0v) is 12.0. The highest BCUT2D eigenvalue weighted by Crippen LogP contribution is 2.32. The first kappa shape index (κ1) is 13.5. The number of ether oxygens (including phenoxy) is 2. The summed E-state index contributed by atoms with van der Waals surface area (Å²) in [6.45, 7) is 4.11. The lowest BCUT2D eigenvalue weighted by molar-refractivity contribution is 0.0939. The van der Waals surface area contributed by atoms with E-state index in [0.29, 0.717) is 23.5 Å². The average Bonchev–Trinajstić information content (AvgIpc) is 3.06. The molecule has 0 bridgehead atoms. The predicted molar refractivity (Wildman–Crippen MR) is 76.5 cm³/mol. The zero-order valence-electron chi connectivity index (χ0n) is 12.0. The molecule has 6 heteroatoms. The molecule has 0 saturated heterocycles. The van der Waals surface area contributed by atoms with Gasteiger partial charge in [0, 0.05) is 23.7 Å². The topological polar surface area (TPSA) is 76.2 Å². The second-order valence-electron chi connectivity index (χ2n) is 5.19. The van der Waals surface area contributed by atoms with Crippen LogP contribution in [0, 0.1) is 6.92 Å². The number of nitrogens with zero attached hydrogens (tertiary/aromatic N) is 1. The van der Waals surface area contributed by atoms with Crippen molar-refractivity contribution in [3.8, 4) is 11.5 Å². The minimum atomic E-state index is -0.131. The third-order valence-corrected chi connectivity index (χ3v) is 3.29. The number of aromatic amines is 1. The summed E-state index contributed by atoms with van der Waals surface area (Å²) >= 11 is 0. The largest absolute Gasteiger partial charge is 0.454 e. The van der Waals surface area contributed by atoms with Gasteiger partial charge in [-0.15, -0.1) is 0 Å². The molecular weight excluding hydrogens is 270 g/mol. The summed E-state index contributed by atoms with van der Waals surface area (Å²) in [5.74, 6) is 1.15. The van der Waals surface area contributed by atoms with Crippen LogP contribution in [0.25, 0.3) is 0 Å². The molecule has 1 amide bonds. The van der Waals surface area contributed by atoms with E-state index in [0.717, 1.165) is 11.4 Å². The van der Waals surface area contributed by atoms with E-state index in [1.807, 2.05) is 19.9 Å². The first-order valence-electron chi connectivity index (χ1n) is 6.83. The van der Waals surface area contributed by atoms with Crippen LogP contribution in [0.4, 0.5) is 0 Å². The Labute approximate surface area is 122 Å². The molecule has 1 aliphatic rings. The molecule has 21 heavy (non-hydrogen) atoms. The highest BCUT2D eigenvalue weighted by Gasteiger charge is 2.17. The lowest BCUT2D eigenvalue weighted by atomic mass is 10.1. The number of carbonyl (C=O) groups is 1. The van der Waals surface area contributed by atoms with Crippen LogP contribution in [-0.4, -0.2) is 28.9 Å². The molecule has 3 rings (SSSR count). The van der Waals surface area contributed by atoms with Crippen molar-refractivity contribution in [1.82, 2.24) is 15.5 Å². The number of fused-ring (bicyclic) bond motifs is 1. The second-order valence-corrected chi connectivity index (χ2v) is 5.19. The van der Waals surface area contributed by atoms with Crippen LogP contribution < -0.4 is 14.8 Å². The average molecular weight is 287 g/mol. The van der Waals surface area contributed by atoms with Gasteiger partial charge in [0.15, 0.2) is 11.5 Å². The minimum absolute atomic E-state index is 0.00868. The third-order valence-electron chi connectivity index (χ3n) is 3.29. The van der Waals surface area contributed by atoms with Crippen molar-refractivity contribution in [2.75, 3.05) is 6.79 Å². The standard InChI is InChI=1S/C15H17N3O3/c1-9(5-12-6-10(2)17-18-12)16-15(19)11-3-4-13-14(7-11)21-8-20-13/h3-4,6-7,9H,5,8H2,1-2H3,(H,16,19)(H,17,18). The van der Waals surface area contributed by atoms with E-state index < -0.39 is 0 Å². The maximum Gasteiger partial charge on any atom is 0.251 e. The highest BCUT2D eigenvalue weighted by molar-refractivity contribution is 5.95. The van der Waals surface area contributed by atoms with Crippen LogP contribution in [0.1, 0.15) is 28.7 Å². The van der Waals surface area contributed by atoms with Crippen LogP contribution in [0.3, 0.4) is 0 Å². The summed E-state index contributed by atoms with van der Waals surface area (Å²) in [6.07, 6.45) is 0.681. The number of amides is 1. The smallest absolute Gasteiger partial charge is 0.251 e. The monoisotopic (exact) mass is 287 g/mol. The van der Waals surface area contributed by atoms with Crippen molar-refractivity contribution >= 4 is 5.91 Å². The van der Waals surface area contributed by atoms with Crippen LogP contribution >= 0.6 is 0 Å². The van der Waals surface area contributed by atoms with Gasteiger partial charge in [-0.05, 0) is 38.1 Å². The van der Waals surface area contributed by atoms with Crippen molar-refractivity contribution in [2.24, 2.45) is 0 Å². The van der Waals surface area contributed by atoms with Gasteiger partial charge in [-0.3, -0.25) is 9.89 Å². The molecule has 1 aromatic heterocycles. The van der Waals surface area contributed by atoms with Gasteiger partial charge in [-0.25, -0.2) is 0 Å². The number of aryl methyl sites for hydroxylation is 1. The summed E-state index contributed by atoms with van der Waals surface area (Å²) in [6, 6.07) is 7.14. The Hall–Kier alpha value is -2.50. The molecule has 110 valence electrons. The first-order valence-corrected chi connectivity index (χ1v) is 6.83. The molecule has 0 spiro atoms. The van der Waals surface area contributed by atoms with Gasteiger partial charge < -0.3 is 14.8 Å². The van der Waals surface area contributed by atoms with Gasteiger partial charge in [0.2, 0.25) is 6.79 Å². The zero-order chi connectivity index (χ0) is 14.8. The third kappa shape index (κ3) is 2.99. The molecule has 1 unspecified atom stereocenters. The number of hydrogen-bond donors (Lipinski definition) is 2. The molecule has 2 N–H and O–H groups in total. The molecular formula is C15H17N3O3. The van der Waals surface area contributed by atoms with Gasteiger partial charge in [0.05, 0.1) is 5.69 Å². The Morgan fingerprint density at radius 1 is 1.38 bits per heavy atom. The maximum atomic E-state index is 12.2. The Bertz CT molecular complexity index is 666. The number of hydrogen-bond acceptors (Lipinski definition) is 4. The molecule has 0 radical (unpaired) electrons. The van der Waals surface area contributed by atoms with Crippen LogP contribution in [0.15, 0.2) is 24.3 Å². The van der Waals surface area contributed by atoms with Crippen LogP contribution in [-0.2, 0) is 6.42 Å². The van der Waals surface area contributed by atoms with E-state index in [-0.39, 0.29) is 18.7 Å². The molecule has 0 saturated carbocycles. The fourth-order valence-electron chi connectivity index (χ4n) is 2.29. The fraction of sp³-hybridized carbons (Fsp3) is 0.333. The molecule has 0 aliphatic carbocycles. The van der Waals surface area contributed by atoms with Crippen molar-refractivity contribution < 1.29 is 14.3 Å². The molecule has 2 heterocycles.